The van der Waals surface area contributed by atoms with Gasteiger partial charge in [0.2, 0.25) is 0 Å². The van der Waals surface area contributed by atoms with E-state index >= 15 is 0 Å². The van der Waals surface area contributed by atoms with Crippen molar-refractivity contribution in [2.75, 3.05) is 26.3 Å². The average Bonchev–Trinajstić information content (AvgIpc) is 3.16. The maximum absolute atomic E-state index is 12.5. The molecule has 2 aromatic rings. The number of piperidine rings is 1. The molecule has 1 N–H and O–H groups in total. The predicted molar refractivity (Wildman–Crippen MR) is 105 cm³/mol. The number of amides is 2. The number of fused-ring (bicyclic) bond motifs is 1. The quantitative estimate of drug-likeness (QED) is 0.866. The third-order valence-corrected chi connectivity index (χ3v) is 5.19. The highest BCUT2D eigenvalue weighted by molar-refractivity contribution is 5.94. The summed E-state index contributed by atoms with van der Waals surface area (Å²) in [7, 11) is 0. The minimum Gasteiger partial charge on any atom is -0.491 e. The van der Waals surface area contributed by atoms with Gasteiger partial charge in [0.1, 0.15) is 18.1 Å². The zero-order chi connectivity index (χ0) is 19.3. The van der Waals surface area contributed by atoms with Crippen LogP contribution >= 0.6 is 0 Å². The van der Waals surface area contributed by atoms with Crippen LogP contribution in [0.1, 0.15) is 41.2 Å². The highest BCUT2D eigenvalue weighted by atomic mass is 16.5. The number of likely N-dealkylation sites (tertiary alicyclic amines) is 1. The number of ether oxygens (including phenoxy) is 2. The number of hydrogen-bond donors (Lipinski definition) is 1. The third-order valence-electron chi connectivity index (χ3n) is 5.19. The minimum absolute atomic E-state index is 0.0152. The molecule has 146 valence electrons. The van der Waals surface area contributed by atoms with Gasteiger partial charge in [0.15, 0.2) is 6.61 Å². The van der Waals surface area contributed by atoms with E-state index in [0.29, 0.717) is 17.9 Å². The average molecular weight is 380 g/mol. The Morgan fingerprint density at radius 3 is 2.57 bits per heavy atom. The molecule has 0 radical (unpaired) electrons. The molecule has 2 aliphatic rings. The van der Waals surface area contributed by atoms with E-state index < -0.39 is 0 Å². The molecule has 0 saturated carbocycles. The molecule has 2 heterocycles. The molecule has 2 aliphatic heterocycles. The summed E-state index contributed by atoms with van der Waals surface area (Å²) in [6, 6.07) is 14.4. The first-order chi connectivity index (χ1) is 13.7. The van der Waals surface area contributed by atoms with Crippen LogP contribution in [0.15, 0.2) is 48.5 Å². The predicted octanol–water partition coefficient (Wildman–Crippen LogP) is 2.94. The van der Waals surface area contributed by atoms with Crippen molar-refractivity contribution in [3.63, 3.8) is 0 Å². The van der Waals surface area contributed by atoms with Crippen molar-refractivity contribution >= 4 is 11.8 Å². The highest BCUT2D eigenvalue weighted by Crippen LogP contribution is 2.31. The number of benzene rings is 2. The van der Waals surface area contributed by atoms with Crippen molar-refractivity contribution in [3.05, 3.63) is 59.7 Å². The zero-order valence-electron chi connectivity index (χ0n) is 15.7. The molecule has 1 fully saturated rings. The highest BCUT2D eigenvalue weighted by Gasteiger charge is 2.25. The monoisotopic (exact) mass is 380 g/mol. The Balaban J connectivity index is 1.30. The molecule has 2 aromatic carbocycles. The van der Waals surface area contributed by atoms with Crippen molar-refractivity contribution in [2.45, 2.75) is 25.3 Å². The van der Waals surface area contributed by atoms with Crippen molar-refractivity contribution < 1.29 is 19.1 Å². The van der Waals surface area contributed by atoms with E-state index in [1.165, 1.54) is 6.42 Å². The normalized spacial score (nSPS) is 18.1. The minimum atomic E-state index is -0.166. The molecule has 0 bridgehead atoms. The SMILES string of the molecule is O=C(NC1COc2ccccc21)c1ccc(OCC(=O)N2CCCCC2)cc1. The summed E-state index contributed by atoms with van der Waals surface area (Å²) in [4.78, 5) is 26.5. The Morgan fingerprint density at radius 1 is 1.04 bits per heavy atom. The number of nitrogens with zero attached hydrogens (tertiary/aromatic N) is 1. The lowest BCUT2D eigenvalue weighted by molar-refractivity contribution is -0.134. The van der Waals surface area contributed by atoms with Crippen LogP contribution in [0, 0.1) is 0 Å². The van der Waals surface area contributed by atoms with Crippen molar-refractivity contribution in [2.24, 2.45) is 0 Å². The number of nitrogens with one attached hydrogen (secondary N) is 1. The topological polar surface area (TPSA) is 67.9 Å². The number of hydrogen-bond acceptors (Lipinski definition) is 4. The van der Waals surface area contributed by atoms with E-state index in [1.807, 2.05) is 29.2 Å². The van der Waals surface area contributed by atoms with Gasteiger partial charge in [0.25, 0.3) is 11.8 Å². The third kappa shape index (κ3) is 4.11. The summed E-state index contributed by atoms with van der Waals surface area (Å²) in [5.41, 5.74) is 1.53. The van der Waals surface area contributed by atoms with Crippen LogP contribution in [0.5, 0.6) is 11.5 Å². The first-order valence-electron chi connectivity index (χ1n) is 9.74. The van der Waals surface area contributed by atoms with Gasteiger partial charge in [0, 0.05) is 24.2 Å². The lowest BCUT2D eigenvalue weighted by Crippen LogP contribution is -2.38. The summed E-state index contributed by atoms with van der Waals surface area (Å²) in [6.45, 7) is 2.09. The van der Waals surface area contributed by atoms with Gasteiger partial charge < -0.3 is 19.7 Å². The summed E-state index contributed by atoms with van der Waals surface area (Å²) in [5.74, 6) is 1.24. The summed E-state index contributed by atoms with van der Waals surface area (Å²) in [5, 5.41) is 3.00. The first kappa shape index (κ1) is 18.3. The summed E-state index contributed by atoms with van der Waals surface area (Å²) < 4.78 is 11.2. The number of carbonyl (C=O) groups is 2. The maximum Gasteiger partial charge on any atom is 0.260 e. The van der Waals surface area contributed by atoms with Crippen LogP contribution in [-0.2, 0) is 4.79 Å². The van der Waals surface area contributed by atoms with E-state index in [9.17, 15) is 9.59 Å². The van der Waals surface area contributed by atoms with Gasteiger partial charge in [-0.15, -0.1) is 0 Å². The van der Waals surface area contributed by atoms with Crippen molar-refractivity contribution in [1.29, 1.82) is 0 Å². The molecule has 2 amide bonds. The Hall–Kier alpha value is -3.02. The van der Waals surface area contributed by atoms with Crippen LogP contribution in [0.4, 0.5) is 0 Å². The molecule has 1 unspecified atom stereocenters. The fraction of sp³-hybridized carbons (Fsp3) is 0.364. The molecule has 0 aliphatic carbocycles. The Bertz CT molecular complexity index is 844. The summed E-state index contributed by atoms with van der Waals surface area (Å²) >= 11 is 0. The largest absolute Gasteiger partial charge is 0.491 e. The van der Waals surface area contributed by atoms with Crippen LogP contribution in [0.3, 0.4) is 0 Å². The molecule has 6 nitrogen and oxygen atoms in total. The van der Waals surface area contributed by atoms with Gasteiger partial charge in [-0.05, 0) is 49.6 Å². The fourth-order valence-corrected chi connectivity index (χ4v) is 3.61. The van der Waals surface area contributed by atoms with E-state index in [2.05, 4.69) is 5.32 Å². The van der Waals surface area contributed by atoms with Crippen molar-refractivity contribution in [1.82, 2.24) is 10.2 Å². The van der Waals surface area contributed by atoms with Crippen LogP contribution in [0.25, 0.3) is 0 Å². The van der Waals surface area contributed by atoms with Crippen LogP contribution < -0.4 is 14.8 Å². The lowest BCUT2D eigenvalue weighted by Gasteiger charge is -2.26. The molecular formula is C22H24N2O4. The van der Waals surface area contributed by atoms with Gasteiger partial charge in [-0.3, -0.25) is 9.59 Å². The van der Waals surface area contributed by atoms with Crippen LogP contribution in [-0.4, -0.2) is 43.0 Å². The Labute approximate surface area is 164 Å². The van der Waals surface area contributed by atoms with Gasteiger partial charge in [0.05, 0.1) is 6.04 Å². The number of para-hydroxylation sites is 1. The van der Waals surface area contributed by atoms with E-state index in [1.54, 1.807) is 24.3 Å². The second-order valence-corrected chi connectivity index (χ2v) is 7.13. The lowest BCUT2D eigenvalue weighted by atomic mass is 10.1. The van der Waals surface area contributed by atoms with E-state index in [-0.39, 0.29) is 24.5 Å². The molecule has 0 aromatic heterocycles. The molecule has 6 heteroatoms. The number of carbonyl (C=O) groups excluding carboxylic acids is 2. The van der Waals surface area contributed by atoms with Gasteiger partial charge in [-0.25, -0.2) is 0 Å². The van der Waals surface area contributed by atoms with Gasteiger partial charge in [-0.2, -0.15) is 0 Å². The Kier molecular flexibility index (Phi) is 5.46. The molecule has 1 saturated heterocycles. The molecular weight excluding hydrogens is 356 g/mol. The maximum atomic E-state index is 12.5. The van der Waals surface area contributed by atoms with Crippen LogP contribution in [0.2, 0.25) is 0 Å². The second kappa shape index (κ2) is 8.33. The number of rotatable bonds is 5. The smallest absolute Gasteiger partial charge is 0.260 e. The Morgan fingerprint density at radius 2 is 1.79 bits per heavy atom. The fourth-order valence-electron chi connectivity index (χ4n) is 3.61. The molecule has 1 atom stereocenters. The molecule has 4 rings (SSSR count). The summed E-state index contributed by atoms with van der Waals surface area (Å²) in [6.07, 6.45) is 3.31. The van der Waals surface area contributed by atoms with E-state index in [4.69, 9.17) is 9.47 Å². The van der Waals surface area contributed by atoms with Gasteiger partial charge >= 0.3 is 0 Å². The molecule has 28 heavy (non-hydrogen) atoms. The van der Waals surface area contributed by atoms with E-state index in [0.717, 1.165) is 37.2 Å². The zero-order valence-corrected chi connectivity index (χ0v) is 15.7. The van der Waals surface area contributed by atoms with Gasteiger partial charge in [-0.1, -0.05) is 18.2 Å². The first-order valence-corrected chi connectivity index (χ1v) is 9.74. The second-order valence-electron chi connectivity index (χ2n) is 7.13. The molecule has 0 spiro atoms. The standard InChI is InChI=1S/C22H24N2O4/c25-21(24-12-4-1-5-13-24)15-27-17-10-8-16(9-11-17)22(26)23-19-14-28-20-7-3-2-6-18(19)20/h2-3,6-11,19H,1,4-5,12-15H2,(H,23,26). The van der Waals surface area contributed by atoms with Crippen molar-refractivity contribution in [3.8, 4) is 11.5 Å².